The molecule has 19 heavy (non-hydrogen) atoms. The SMILES string of the molecule is CNc1ccc([N+](=O)[O-])c(NC2(C(F)(F)F)CC2)n1. The van der Waals surface area contributed by atoms with Crippen molar-refractivity contribution in [3.05, 3.63) is 22.2 Å². The second-order valence-electron chi connectivity index (χ2n) is 4.28. The van der Waals surface area contributed by atoms with Gasteiger partial charge in [0.05, 0.1) is 4.92 Å². The topological polar surface area (TPSA) is 80.1 Å². The van der Waals surface area contributed by atoms with Gasteiger partial charge in [0.1, 0.15) is 11.4 Å². The Kier molecular flexibility index (Phi) is 2.99. The number of anilines is 2. The van der Waals surface area contributed by atoms with Crippen molar-refractivity contribution in [3.63, 3.8) is 0 Å². The quantitative estimate of drug-likeness (QED) is 0.652. The minimum absolute atomic E-state index is 0.112. The van der Waals surface area contributed by atoms with Crippen LogP contribution in [0, 0.1) is 10.1 Å². The Morgan fingerprint density at radius 1 is 1.42 bits per heavy atom. The second kappa shape index (κ2) is 4.25. The summed E-state index contributed by atoms with van der Waals surface area (Å²) in [5.41, 5.74) is -2.56. The third-order valence-electron chi connectivity index (χ3n) is 2.98. The van der Waals surface area contributed by atoms with Gasteiger partial charge < -0.3 is 10.6 Å². The molecule has 2 N–H and O–H groups in total. The van der Waals surface area contributed by atoms with Gasteiger partial charge in [0.25, 0.3) is 0 Å². The molecule has 2 rings (SSSR count). The molecule has 0 unspecified atom stereocenters. The Labute approximate surface area is 106 Å². The van der Waals surface area contributed by atoms with E-state index < -0.39 is 22.3 Å². The van der Waals surface area contributed by atoms with Crippen LogP contribution in [0.2, 0.25) is 0 Å². The predicted octanol–water partition coefficient (Wildman–Crippen LogP) is 2.54. The molecule has 0 bridgehead atoms. The van der Waals surface area contributed by atoms with Gasteiger partial charge in [0.15, 0.2) is 0 Å². The highest BCUT2D eigenvalue weighted by Crippen LogP contribution is 2.51. The first-order valence-corrected chi connectivity index (χ1v) is 5.47. The molecular weight excluding hydrogens is 265 g/mol. The Morgan fingerprint density at radius 3 is 2.47 bits per heavy atom. The molecule has 1 aliphatic carbocycles. The molecule has 0 amide bonds. The van der Waals surface area contributed by atoms with Crippen LogP contribution in [-0.4, -0.2) is 28.7 Å². The van der Waals surface area contributed by atoms with Crippen LogP contribution in [0.4, 0.5) is 30.5 Å². The molecular formula is C10H11F3N4O2. The first-order valence-electron chi connectivity index (χ1n) is 5.47. The number of hydrogen-bond acceptors (Lipinski definition) is 5. The standard InChI is InChI=1S/C10H11F3N4O2/c1-14-7-3-2-6(17(18)19)8(15-7)16-9(4-5-9)10(11,12)13/h2-3H,4-5H2,1H3,(H2,14,15,16). The number of aromatic nitrogens is 1. The van der Waals surface area contributed by atoms with Crippen LogP contribution in [0.3, 0.4) is 0 Å². The van der Waals surface area contributed by atoms with E-state index in [4.69, 9.17) is 0 Å². The van der Waals surface area contributed by atoms with Gasteiger partial charge in [-0.25, -0.2) is 4.98 Å². The van der Waals surface area contributed by atoms with Crippen LogP contribution in [0.15, 0.2) is 12.1 Å². The van der Waals surface area contributed by atoms with Gasteiger partial charge in [-0.3, -0.25) is 10.1 Å². The molecule has 0 aromatic carbocycles. The van der Waals surface area contributed by atoms with Crippen molar-refractivity contribution in [1.82, 2.24) is 4.98 Å². The zero-order valence-electron chi connectivity index (χ0n) is 9.91. The van der Waals surface area contributed by atoms with Crippen LogP contribution in [0.5, 0.6) is 0 Å². The second-order valence-corrected chi connectivity index (χ2v) is 4.28. The van der Waals surface area contributed by atoms with E-state index in [1.807, 2.05) is 0 Å². The fourth-order valence-corrected chi connectivity index (χ4v) is 1.66. The Balaban J connectivity index is 2.36. The van der Waals surface area contributed by atoms with Gasteiger partial charge in [-0.15, -0.1) is 0 Å². The largest absolute Gasteiger partial charge is 0.411 e. The van der Waals surface area contributed by atoms with Crippen LogP contribution in [0.25, 0.3) is 0 Å². The minimum Gasteiger partial charge on any atom is -0.373 e. The fourth-order valence-electron chi connectivity index (χ4n) is 1.66. The van der Waals surface area contributed by atoms with Crippen LogP contribution in [-0.2, 0) is 0 Å². The summed E-state index contributed by atoms with van der Waals surface area (Å²) < 4.78 is 38.5. The van der Waals surface area contributed by atoms with E-state index in [1.165, 1.54) is 13.1 Å². The molecule has 0 atom stereocenters. The average Bonchev–Trinajstić information content (AvgIpc) is 3.08. The Morgan fingerprint density at radius 2 is 2.05 bits per heavy atom. The number of nitrogens with one attached hydrogen (secondary N) is 2. The Bertz CT molecular complexity index is 514. The molecule has 0 spiro atoms. The van der Waals surface area contributed by atoms with Crippen molar-refractivity contribution in [2.24, 2.45) is 0 Å². The number of hydrogen-bond donors (Lipinski definition) is 2. The van der Waals surface area contributed by atoms with Gasteiger partial charge in [-0.1, -0.05) is 0 Å². The zero-order chi connectivity index (χ0) is 14.3. The van der Waals surface area contributed by atoms with Crippen LogP contribution in [0.1, 0.15) is 12.8 Å². The van der Waals surface area contributed by atoms with Crippen LogP contribution >= 0.6 is 0 Å². The maximum atomic E-state index is 12.8. The Hall–Kier alpha value is -2.06. The predicted molar refractivity (Wildman–Crippen MR) is 62.1 cm³/mol. The van der Waals surface area contributed by atoms with E-state index in [9.17, 15) is 23.3 Å². The van der Waals surface area contributed by atoms with E-state index in [2.05, 4.69) is 15.6 Å². The van der Waals surface area contributed by atoms with Crippen molar-refractivity contribution < 1.29 is 18.1 Å². The third-order valence-corrected chi connectivity index (χ3v) is 2.98. The highest BCUT2D eigenvalue weighted by atomic mass is 19.4. The number of nitro groups is 1. The lowest BCUT2D eigenvalue weighted by Gasteiger charge is -2.21. The first-order chi connectivity index (χ1) is 8.79. The van der Waals surface area contributed by atoms with Gasteiger partial charge in [0.2, 0.25) is 5.82 Å². The van der Waals surface area contributed by atoms with E-state index in [-0.39, 0.29) is 24.5 Å². The molecule has 0 radical (unpaired) electrons. The monoisotopic (exact) mass is 276 g/mol. The van der Waals surface area contributed by atoms with Gasteiger partial charge in [-0.2, -0.15) is 13.2 Å². The number of alkyl halides is 3. The molecule has 0 saturated heterocycles. The summed E-state index contributed by atoms with van der Waals surface area (Å²) in [4.78, 5) is 13.8. The molecule has 1 fully saturated rings. The lowest BCUT2D eigenvalue weighted by molar-refractivity contribution is -0.384. The zero-order valence-corrected chi connectivity index (χ0v) is 9.91. The summed E-state index contributed by atoms with van der Waals surface area (Å²) in [6.07, 6.45) is -4.68. The third kappa shape index (κ3) is 2.40. The maximum absolute atomic E-state index is 12.8. The highest BCUT2D eigenvalue weighted by molar-refractivity contribution is 5.62. The van der Waals surface area contributed by atoms with Crippen molar-refractivity contribution in [2.75, 3.05) is 17.7 Å². The summed E-state index contributed by atoms with van der Waals surface area (Å²) in [6.45, 7) is 0. The van der Waals surface area contributed by atoms with E-state index in [1.54, 1.807) is 0 Å². The van der Waals surface area contributed by atoms with E-state index in [0.29, 0.717) is 0 Å². The molecule has 1 aliphatic rings. The van der Waals surface area contributed by atoms with Crippen molar-refractivity contribution in [2.45, 2.75) is 24.6 Å². The van der Waals surface area contributed by atoms with E-state index >= 15 is 0 Å². The van der Waals surface area contributed by atoms with Crippen molar-refractivity contribution in [3.8, 4) is 0 Å². The maximum Gasteiger partial charge on any atom is 0.411 e. The summed E-state index contributed by atoms with van der Waals surface area (Å²) in [7, 11) is 1.52. The molecule has 1 aromatic heterocycles. The summed E-state index contributed by atoms with van der Waals surface area (Å²) >= 11 is 0. The lowest BCUT2D eigenvalue weighted by atomic mass is 10.2. The summed E-state index contributed by atoms with van der Waals surface area (Å²) in [5, 5.41) is 15.6. The minimum atomic E-state index is -4.46. The number of halogens is 3. The number of rotatable bonds is 4. The smallest absolute Gasteiger partial charge is 0.373 e. The number of pyridine rings is 1. The fraction of sp³-hybridized carbons (Fsp3) is 0.500. The summed E-state index contributed by atoms with van der Waals surface area (Å²) in [6, 6.07) is 2.45. The van der Waals surface area contributed by atoms with Gasteiger partial charge in [0, 0.05) is 13.1 Å². The van der Waals surface area contributed by atoms with E-state index in [0.717, 1.165) is 6.07 Å². The van der Waals surface area contributed by atoms with Gasteiger partial charge in [-0.05, 0) is 18.9 Å². The lowest BCUT2D eigenvalue weighted by Crippen LogP contribution is -2.39. The normalized spacial score (nSPS) is 16.8. The molecule has 1 saturated carbocycles. The molecule has 6 nitrogen and oxygen atoms in total. The molecule has 1 aromatic rings. The number of nitrogens with zero attached hydrogens (tertiary/aromatic N) is 2. The molecule has 0 aliphatic heterocycles. The average molecular weight is 276 g/mol. The molecule has 9 heteroatoms. The van der Waals surface area contributed by atoms with Crippen LogP contribution < -0.4 is 10.6 Å². The van der Waals surface area contributed by atoms with Gasteiger partial charge >= 0.3 is 11.9 Å². The molecule has 1 heterocycles. The first kappa shape index (κ1) is 13.4. The summed E-state index contributed by atoms with van der Waals surface area (Å²) in [5.74, 6) is -0.113. The highest BCUT2D eigenvalue weighted by Gasteiger charge is 2.64. The molecule has 104 valence electrons. The van der Waals surface area contributed by atoms with Crippen molar-refractivity contribution >= 4 is 17.3 Å². The van der Waals surface area contributed by atoms with Crippen molar-refractivity contribution in [1.29, 1.82) is 0 Å².